The van der Waals surface area contributed by atoms with Crippen LogP contribution in [0.2, 0.25) is 0 Å². The molecule has 7 nitrogen and oxygen atoms in total. The number of fused-ring (bicyclic) bond motifs is 1. The third kappa shape index (κ3) is 3.92. The van der Waals surface area contributed by atoms with Crippen molar-refractivity contribution in [3.63, 3.8) is 0 Å². The largest absolute Gasteiger partial charge is 0.492 e. The summed E-state index contributed by atoms with van der Waals surface area (Å²) in [5.41, 5.74) is 2.05. The van der Waals surface area contributed by atoms with Gasteiger partial charge in [0.15, 0.2) is 16.1 Å². The number of hydrogen-bond acceptors (Lipinski definition) is 7. The van der Waals surface area contributed by atoms with Crippen molar-refractivity contribution in [1.29, 1.82) is 0 Å². The molecule has 0 aromatic heterocycles. The molecular formula is C16H21BO7S. The Labute approximate surface area is 147 Å². The minimum Gasteiger partial charge on any atom is -0.465 e. The van der Waals surface area contributed by atoms with E-state index in [1.165, 1.54) is 12.3 Å². The zero-order valence-electron chi connectivity index (χ0n) is 14.2. The van der Waals surface area contributed by atoms with Crippen molar-refractivity contribution in [2.24, 2.45) is 0 Å². The molecule has 2 aliphatic heterocycles. The Morgan fingerprint density at radius 3 is 2.88 bits per heavy atom. The zero-order chi connectivity index (χ0) is 18.0. The van der Waals surface area contributed by atoms with Gasteiger partial charge in [-0.3, -0.25) is 4.18 Å². The van der Waals surface area contributed by atoms with Crippen LogP contribution in [0.5, 0.6) is 5.75 Å². The van der Waals surface area contributed by atoms with E-state index in [2.05, 4.69) is 0 Å². The van der Waals surface area contributed by atoms with Crippen LogP contribution in [-0.2, 0) is 28.2 Å². The molecular weight excluding hydrogens is 347 g/mol. The average Bonchev–Trinajstić information content (AvgIpc) is 2.91. The van der Waals surface area contributed by atoms with Gasteiger partial charge in [-0.25, -0.2) is 9.00 Å². The lowest BCUT2D eigenvalue weighted by Gasteiger charge is -2.24. The molecule has 1 fully saturated rings. The number of benzene rings is 1. The van der Waals surface area contributed by atoms with Gasteiger partial charge in [0.25, 0.3) is 0 Å². The number of rotatable bonds is 5. The van der Waals surface area contributed by atoms with E-state index in [1.54, 1.807) is 6.07 Å². The molecule has 0 saturated carbocycles. The van der Waals surface area contributed by atoms with Crippen molar-refractivity contribution in [1.82, 2.24) is 0 Å². The van der Waals surface area contributed by atoms with Crippen LogP contribution >= 0.6 is 0 Å². The molecule has 2 aliphatic rings. The summed E-state index contributed by atoms with van der Waals surface area (Å²) >= 11 is 0. The van der Waals surface area contributed by atoms with Gasteiger partial charge >= 0.3 is 7.12 Å². The van der Waals surface area contributed by atoms with Gasteiger partial charge in [-0.2, -0.15) is 0 Å². The predicted molar refractivity (Wildman–Crippen MR) is 92.5 cm³/mol. The maximum atomic E-state index is 12.2. The summed E-state index contributed by atoms with van der Waals surface area (Å²) in [7, 11) is -3.25. The Morgan fingerprint density at radius 1 is 1.44 bits per heavy atom. The Kier molecular flexibility index (Phi) is 5.53. The molecule has 1 aromatic rings. The van der Waals surface area contributed by atoms with Crippen molar-refractivity contribution < 1.29 is 32.3 Å². The van der Waals surface area contributed by atoms with E-state index in [-0.39, 0.29) is 12.0 Å². The van der Waals surface area contributed by atoms with E-state index in [1.807, 2.05) is 13.0 Å². The molecule has 3 unspecified atom stereocenters. The van der Waals surface area contributed by atoms with Gasteiger partial charge in [0.1, 0.15) is 5.75 Å². The van der Waals surface area contributed by atoms with Gasteiger partial charge in [-0.15, -0.1) is 0 Å². The summed E-state index contributed by atoms with van der Waals surface area (Å²) in [4.78, 5) is 10.9. The molecule has 3 rings (SSSR count). The van der Waals surface area contributed by atoms with Crippen LogP contribution in [0.1, 0.15) is 36.5 Å². The van der Waals surface area contributed by atoms with E-state index < -0.39 is 23.0 Å². The fraction of sp³-hybridized carbons (Fsp3) is 0.562. The summed E-state index contributed by atoms with van der Waals surface area (Å²) < 4.78 is 33.9. The highest BCUT2D eigenvalue weighted by Crippen LogP contribution is 2.31. The highest BCUT2D eigenvalue weighted by Gasteiger charge is 2.39. The lowest BCUT2D eigenvalue weighted by molar-refractivity contribution is -0.105. The van der Waals surface area contributed by atoms with Gasteiger partial charge in [-0.05, 0) is 48.5 Å². The van der Waals surface area contributed by atoms with E-state index in [0.717, 1.165) is 24.8 Å². The highest BCUT2D eigenvalue weighted by molar-refractivity contribution is 7.96. The van der Waals surface area contributed by atoms with Crippen LogP contribution in [0, 0.1) is 6.92 Å². The molecule has 9 heteroatoms. The lowest BCUT2D eigenvalue weighted by Crippen LogP contribution is -2.30. The minimum absolute atomic E-state index is 0.191. The Balaban J connectivity index is 1.86. The number of carbonyl (C=O) groups excluding carboxylic acids is 1. The lowest BCUT2D eigenvalue weighted by atomic mass is 9.78. The van der Waals surface area contributed by atoms with Crippen LogP contribution in [-0.4, -0.2) is 47.3 Å². The van der Waals surface area contributed by atoms with E-state index >= 15 is 0 Å². The first-order valence-electron chi connectivity index (χ1n) is 8.18. The molecule has 0 bridgehead atoms. The molecule has 25 heavy (non-hydrogen) atoms. The standard InChI is InChI=1S/C16H21BO7S/c1-11-7-12(23-15-5-3-4-6-22-15)8-13-16(11)14(24-17(13)19)9-25(20,10-18)21-2/h7-8,14-15,19H,3-6,9H2,1-2H3. The van der Waals surface area contributed by atoms with Crippen molar-refractivity contribution in [2.45, 2.75) is 38.6 Å². The van der Waals surface area contributed by atoms with Gasteiger partial charge in [0, 0.05) is 6.42 Å². The van der Waals surface area contributed by atoms with Crippen LogP contribution in [0.4, 0.5) is 0 Å². The molecule has 0 radical (unpaired) electrons. The van der Waals surface area contributed by atoms with Crippen LogP contribution < -0.4 is 10.2 Å². The summed E-state index contributed by atoms with van der Waals surface area (Å²) in [6.07, 6.45) is 1.90. The van der Waals surface area contributed by atoms with E-state index in [0.29, 0.717) is 23.4 Å². The molecule has 2 heterocycles. The van der Waals surface area contributed by atoms with Crippen molar-refractivity contribution in [2.75, 3.05) is 19.5 Å². The first kappa shape index (κ1) is 18.4. The zero-order valence-corrected chi connectivity index (χ0v) is 15.0. The average molecular weight is 368 g/mol. The minimum atomic E-state index is -3.26. The van der Waals surface area contributed by atoms with Gasteiger partial charge in [-0.1, -0.05) is 0 Å². The third-order valence-corrected chi connectivity index (χ3v) is 5.98. The maximum absolute atomic E-state index is 12.2. The van der Waals surface area contributed by atoms with Crippen molar-refractivity contribution in [3.05, 3.63) is 23.3 Å². The number of ether oxygens (including phenoxy) is 2. The fourth-order valence-electron chi connectivity index (χ4n) is 3.21. The molecule has 0 aliphatic carbocycles. The quantitative estimate of drug-likeness (QED) is 0.600. The number of aryl methyl sites for hydroxylation is 1. The molecule has 136 valence electrons. The topological polar surface area (TPSA) is 91.3 Å². The molecule has 0 spiro atoms. The summed E-state index contributed by atoms with van der Waals surface area (Å²) in [6, 6.07) is 3.52. The van der Waals surface area contributed by atoms with Crippen molar-refractivity contribution in [3.8, 4) is 5.75 Å². The molecule has 3 atom stereocenters. The molecule has 0 amide bonds. The fourth-order valence-corrected chi connectivity index (χ4v) is 4.13. The third-order valence-electron chi connectivity index (χ3n) is 4.45. The van der Waals surface area contributed by atoms with Crippen molar-refractivity contribution >= 4 is 27.6 Å². The smallest absolute Gasteiger partial charge is 0.465 e. The van der Waals surface area contributed by atoms with Crippen LogP contribution in [0.3, 0.4) is 0 Å². The second kappa shape index (κ2) is 7.49. The van der Waals surface area contributed by atoms with Gasteiger partial charge in [0.2, 0.25) is 5.23 Å². The highest BCUT2D eigenvalue weighted by atomic mass is 32.2. The Hall–Kier alpha value is -1.35. The first-order valence-corrected chi connectivity index (χ1v) is 9.83. The first-order chi connectivity index (χ1) is 12.0. The molecule has 1 N–H and O–H groups in total. The summed E-state index contributed by atoms with van der Waals surface area (Å²) in [6.45, 7) is 2.52. The second-order valence-electron chi connectivity index (χ2n) is 6.17. The van der Waals surface area contributed by atoms with E-state index in [4.69, 9.17) is 18.3 Å². The molecule has 1 saturated heterocycles. The normalized spacial score (nSPS) is 25.2. The Bertz CT molecular complexity index is 777. The predicted octanol–water partition coefficient (Wildman–Crippen LogP) is 0.572. The van der Waals surface area contributed by atoms with Crippen LogP contribution in [0.15, 0.2) is 12.1 Å². The monoisotopic (exact) mass is 368 g/mol. The molecule has 1 aromatic carbocycles. The Morgan fingerprint density at radius 2 is 2.24 bits per heavy atom. The SMILES string of the molecule is COS(=O)(=C=O)CC1OB(O)c2cc(OC3CCCCO3)cc(C)c21. The summed E-state index contributed by atoms with van der Waals surface area (Å²) in [5, 5.41) is 11.6. The number of hydrogen-bond donors (Lipinski definition) is 1. The van der Waals surface area contributed by atoms with Crippen LogP contribution in [0.25, 0.3) is 0 Å². The summed E-state index contributed by atoms with van der Waals surface area (Å²) in [5.74, 6) is 0.394. The van der Waals surface area contributed by atoms with E-state index in [9.17, 15) is 14.0 Å². The second-order valence-corrected chi connectivity index (χ2v) is 8.23. The van der Waals surface area contributed by atoms with Gasteiger partial charge in [0.05, 0.1) is 25.6 Å². The maximum Gasteiger partial charge on any atom is 0.492 e. The van der Waals surface area contributed by atoms with Gasteiger partial charge < -0.3 is 19.2 Å².